The molecule has 0 spiro atoms. The smallest absolute Gasteiger partial charge is 0.333 e. The van der Waals surface area contributed by atoms with Crippen LogP contribution in [0.15, 0.2) is 24.3 Å². The summed E-state index contributed by atoms with van der Waals surface area (Å²) in [4.78, 5) is 35.0. The SMILES string of the molecule is CCOC(=O)C(NC(=O)CC(C)=O)c1ccc(C(C)(C)C)cc1. The fourth-order valence-electron chi connectivity index (χ4n) is 2.12. The molecule has 1 aromatic rings. The first kappa shape index (κ1) is 18.9. The Kier molecular flexibility index (Phi) is 6.49. The van der Waals surface area contributed by atoms with Gasteiger partial charge in [-0.25, -0.2) is 4.79 Å². The first-order valence-electron chi connectivity index (χ1n) is 7.71. The van der Waals surface area contributed by atoms with Gasteiger partial charge in [0, 0.05) is 0 Å². The molecule has 1 atom stereocenters. The van der Waals surface area contributed by atoms with Gasteiger partial charge >= 0.3 is 5.97 Å². The van der Waals surface area contributed by atoms with E-state index < -0.39 is 17.9 Å². The predicted molar refractivity (Wildman–Crippen MR) is 88.0 cm³/mol. The lowest BCUT2D eigenvalue weighted by Gasteiger charge is -2.21. The monoisotopic (exact) mass is 319 g/mol. The zero-order valence-corrected chi connectivity index (χ0v) is 14.4. The Labute approximate surface area is 137 Å². The van der Waals surface area contributed by atoms with Crippen molar-refractivity contribution in [3.63, 3.8) is 0 Å². The summed E-state index contributed by atoms with van der Waals surface area (Å²) in [7, 11) is 0. The Morgan fingerprint density at radius 1 is 1.13 bits per heavy atom. The van der Waals surface area contributed by atoms with Gasteiger partial charge in [-0.15, -0.1) is 0 Å². The van der Waals surface area contributed by atoms with Crippen LogP contribution < -0.4 is 5.32 Å². The zero-order valence-electron chi connectivity index (χ0n) is 14.4. The van der Waals surface area contributed by atoms with E-state index in [1.165, 1.54) is 6.92 Å². The molecule has 1 amide bonds. The lowest BCUT2D eigenvalue weighted by atomic mass is 9.86. The zero-order chi connectivity index (χ0) is 17.6. The first-order valence-corrected chi connectivity index (χ1v) is 7.71. The highest BCUT2D eigenvalue weighted by Crippen LogP contribution is 2.24. The molecule has 0 saturated heterocycles. The molecule has 0 aliphatic carbocycles. The van der Waals surface area contributed by atoms with E-state index >= 15 is 0 Å². The molecule has 1 aromatic carbocycles. The molecule has 0 aliphatic rings. The summed E-state index contributed by atoms with van der Waals surface area (Å²) in [6.45, 7) is 9.54. The van der Waals surface area contributed by atoms with Gasteiger partial charge in [-0.05, 0) is 30.4 Å². The van der Waals surface area contributed by atoms with E-state index in [4.69, 9.17) is 4.74 Å². The van der Waals surface area contributed by atoms with Gasteiger partial charge in [0.1, 0.15) is 5.78 Å². The Bertz CT molecular complexity index is 570. The van der Waals surface area contributed by atoms with Gasteiger partial charge in [0.2, 0.25) is 5.91 Å². The maximum Gasteiger partial charge on any atom is 0.333 e. The van der Waals surface area contributed by atoms with Crippen LogP contribution in [-0.2, 0) is 24.5 Å². The maximum atomic E-state index is 12.1. The van der Waals surface area contributed by atoms with E-state index in [1.807, 2.05) is 12.1 Å². The number of hydrogen-bond acceptors (Lipinski definition) is 4. The summed E-state index contributed by atoms with van der Waals surface area (Å²) < 4.78 is 5.02. The molecule has 1 N–H and O–H groups in total. The molecule has 1 rings (SSSR count). The number of nitrogens with one attached hydrogen (secondary N) is 1. The fraction of sp³-hybridized carbons (Fsp3) is 0.500. The van der Waals surface area contributed by atoms with Crippen molar-refractivity contribution < 1.29 is 19.1 Å². The molecule has 1 unspecified atom stereocenters. The minimum atomic E-state index is -0.907. The van der Waals surface area contributed by atoms with E-state index in [9.17, 15) is 14.4 Å². The summed E-state index contributed by atoms with van der Waals surface area (Å²) >= 11 is 0. The molecule has 5 nitrogen and oxygen atoms in total. The Balaban J connectivity index is 3.02. The standard InChI is InChI=1S/C18H25NO4/c1-6-23-17(22)16(19-15(21)11-12(2)20)13-7-9-14(10-8-13)18(3,4)5/h7-10,16H,6,11H2,1-5H3,(H,19,21). The van der Waals surface area contributed by atoms with E-state index in [1.54, 1.807) is 19.1 Å². The third kappa shape index (κ3) is 5.85. The van der Waals surface area contributed by atoms with Crippen LogP contribution in [0.3, 0.4) is 0 Å². The summed E-state index contributed by atoms with van der Waals surface area (Å²) in [5.41, 5.74) is 1.75. The van der Waals surface area contributed by atoms with Gasteiger partial charge in [-0.3, -0.25) is 9.59 Å². The van der Waals surface area contributed by atoms with E-state index in [-0.39, 0.29) is 24.2 Å². The van der Waals surface area contributed by atoms with Crippen LogP contribution in [0, 0.1) is 0 Å². The van der Waals surface area contributed by atoms with Crippen molar-refractivity contribution in [2.24, 2.45) is 0 Å². The normalized spacial score (nSPS) is 12.4. The van der Waals surface area contributed by atoms with Gasteiger partial charge in [0.15, 0.2) is 6.04 Å². The number of ketones is 1. The second-order valence-corrected chi connectivity index (χ2v) is 6.50. The van der Waals surface area contributed by atoms with Crippen molar-refractivity contribution in [3.8, 4) is 0 Å². The Morgan fingerprint density at radius 2 is 1.70 bits per heavy atom. The highest BCUT2D eigenvalue weighted by molar-refractivity contribution is 5.98. The van der Waals surface area contributed by atoms with Crippen LogP contribution in [0.5, 0.6) is 0 Å². The van der Waals surface area contributed by atoms with Crippen LogP contribution in [0.1, 0.15) is 58.2 Å². The topological polar surface area (TPSA) is 72.5 Å². The highest BCUT2D eigenvalue weighted by atomic mass is 16.5. The van der Waals surface area contributed by atoms with E-state index in [2.05, 4.69) is 26.1 Å². The van der Waals surface area contributed by atoms with Crippen molar-refractivity contribution in [2.75, 3.05) is 6.61 Å². The second-order valence-electron chi connectivity index (χ2n) is 6.50. The van der Waals surface area contributed by atoms with Crippen LogP contribution in [0.4, 0.5) is 0 Å². The van der Waals surface area contributed by atoms with E-state index in [0.717, 1.165) is 5.56 Å². The quantitative estimate of drug-likeness (QED) is 0.646. The highest BCUT2D eigenvalue weighted by Gasteiger charge is 2.25. The van der Waals surface area contributed by atoms with Gasteiger partial charge in [0.25, 0.3) is 0 Å². The third-order valence-corrected chi connectivity index (χ3v) is 3.35. The number of amides is 1. The summed E-state index contributed by atoms with van der Waals surface area (Å²) in [5, 5.41) is 2.57. The molecule has 0 fully saturated rings. The summed E-state index contributed by atoms with van der Waals surface area (Å²) in [5.74, 6) is -1.28. The molecular formula is C18H25NO4. The average molecular weight is 319 g/mol. The fourth-order valence-corrected chi connectivity index (χ4v) is 2.12. The van der Waals surface area contributed by atoms with Crippen LogP contribution in [0.2, 0.25) is 0 Å². The summed E-state index contributed by atoms with van der Waals surface area (Å²) in [6.07, 6.45) is -0.254. The molecule has 0 heterocycles. The molecule has 5 heteroatoms. The van der Waals surface area contributed by atoms with Crippen molar-refractivity contribution in [1.82, 2.24) is 5.32 Å². The molecule has 0 aliphatic heterocycles. The number of carbonyl (C=O) groups is 3. The minimum absolute atomic E-state index is 0.00414. The summed E-state index contributed by atoms with van der Waals surface area (Å²) in [6, 6.07) is 6.56. The first-order chi connectivity index (χ1) is 10.6. The lowest BCUT2D eigenvalue weighted by molar-refractivity contribution is -0.148. The molecule has 23 heavy (non-hydrogen) atoms. The van der Waals surface area contributed by atoms with Crippen molar-refractivity contribution in [2.45, 2.75) is 52.5 Å². The molecule has 126 valence electrons. The molecule has 0 saturated carbocycles. The second kappa shape index (κ2) is 7.90. The van der Waals surface area contributed by atoms with Crippen LogP contribution in [-0.4, -0.2) is 24.3 Å². The molecule has 0 radical (unpaired) electrons. The van der Waals surface area contributed by atoms with Crippen molar-refractivity contribution in [1.29, 1.82) is 0 Å². The number of carbonyl (C=O) groups excluding carboxylic acids is 3. The molecule has 0 aromatic heterocycles. The van der Waals surface area contributed by atoms with Gasteiger partial charge in [-0.2, -0.15) is 0 Å². The minimum Gasteiger partial charge on any atom is -0.464 e. The Hall–Kier alpha value is -2.17. The van der Waals surface area contributed by atoms with Gasteiger partial charge < -0.3 is 10.1 Å². The Morgan fingerprint density at radius 3 is 2.13 bits per heavy atom. The largest absolute Gasteiger partial charge is 0.464 e. The van der Waals surface area contributed by atoms with Crippen LogP contribution >= 0.6 is 0 Å². The maximum absolute atomic E-state index is 12.1. The number of Topliss-reactive ketones (excluding diaryl/α,β-unsaturated/α-hetero) is 1. The number of benzene rings is 1. The number of ether oxygens (including phenoxy) is 1. The molecule has 0 bridgehead atoms. The van der Waals surface area contributed by atoms with Crippen LogP contribution in [0.25, 0.3) is 0 Å². The average Bonchev–Trinajstić information content (AvgIpc) is 2.43. The van der Waals surface area contributed by atoms with E-state index in [0.29, 0.717) is 5.56 Å². The predicted octanol–water partition coefficient (Wildman–Crippen LogP) is 2.68. The number of hydrogen-bond donors (Lipinski definition) is 1. The van der Waals surface area contributed by atoms with Crippen molar-refractivity contribution in [3.05, 3.63) is 35.4 Å². The molecular weight excluding hydrogens is 294 g/mol. The third-order valence-electron chi connectivity index (χ3n) is 3.35. The lowest BCUT2D eigenvalue weighted by Crippen LogP contribution is -2.35. The van der Waals surface area contributed by atoms with Crippen molar-refractivity contribution >= 4 is 17.7 Å². The van der Waals surface area contributed by atoms with Gasteiger partial charge in [0.05, 0.1) is 13.0 Å². The number of rotatable bonds is 6. The number of esters is 1. The van der Waals surface area contributed by atoms with Gasteiger partial charge in [-0.1, -0.05) is 45.0 Å².